The van der Waals surface area contributed by atoms with E-state index in [1.165, 1.54) is 47.8 Å². The van der Waals surface area contributed by atoms with Crippen molar-refractivity contribution in [2.24, 2.45) is 0 Å². The third-order valence-corrected chi connectivity index (χ3v) is 3.89. The minimum Gasteiger partial charge on any atom is -0.361 e. The third-order valence-electron chi connectivity index (χ3n) is 3.89. The monoisotopic (exact) mass is 228 g/mol. The van der Waals surface area contributed by atoms with Gasteiger partial charge in [0.15, 0.2) is 0 Å². The maximum Gasteiger partial charge on any atom is 0.0486 e. The van der Waals surface area contributed by atoms with Crippen molar-refractivity contribution >= 4 is 10.9 Å². The number of H-pyrrole nitrogens is 1. The molecular formula is C15H20N2. The number of benzene rings is 1. The molecule has 0 spiro atoms. The van der Waals surface area contributed by atoms with Crippen molar-refractivity contribution in [1.82, 2.24) is 10.3 Å². The highest BCUT2D eigenvalue weighted by Crippen LogP contribution is 2.23. The van der Waals surface area contributed by atoms with Crippen LogP contribution in [0.3, 0.4) is 0 Å². The van der Waals surface area contributed by atoms with E-state index in [0.717, 1.165) is 6.42 Å². The van der Waals surface area contributed by atoms with E-state index in [1.54, 1.807) is 0 Å². The molecule has 0 saturated carbocycles. The van der Waals surface area contributed by atoms with Gasteiger partial charge in [0.1, 0.15) is 0 Å². The molecule has 1 atom stereocenters. The van der Waals surface area contributed by atoms with Crippen molar-refractivity contribution in [3.05, 3.63) is 35.5 Å². The lowest BCUT2D eigenvalue weighted by atomic mass is 9.97. The normalized spacial score (nSPS) is 20.9. The van der Waals surface area contributed by atoms with Gasteiger partial charge in [-0.25, -0.2) is 0 Å². The van der Waals surface area contributed by atoms with Crippen molar-refractivity contribution < 1.29 is 0 Å². The highest BCUT2D eigenvalue weighted by Gasteiger charge is 2.15. The van der Waals surface area contributed by atoms with Crippen LogP contribution in [0, 0.1) is 6.92 Å². The second kappa shape index (κ2) is 4.53. The molecule has 3 rings (SSSR count). The molecule has 1 fully saturated rings. The first kappa shape index (κ1) is 10.8. The zero-order valence-corrected chi connectivity index (χ0v) is 10.4. The summed E-state index contributed by atoms with van der Waals surface area (Å²) in [5.74, 6) is 0. The number of rotatable bonds is 2. The molecule has 1 unspecified atom stereocenters. The number of piperidine rings is 1. The van der Waals surface area contributed by atoms with Gasteiger partial charge in [0.05, 0.1) is 0 Å². The second-order valence-corrected chi connectivity index (χ2v) is 5.16. The summed E-state index contributed by atoms with van der Waals surface area (Å²) in [4.78, 5) is 3.42. The Morgan fingerprint density at radius 3 is 3.06 bits per heavy atom. The number of aromatic amines is 1. The fourth-order valence-electron chi connectivity index (χ4n) is 2.90. The van der Waals surface area contributed by atoms with E-state index in [1.807, 2.05) is 0 Å². The van der Waals surface area contributed by atoms with Gasteiger partial charge in [-0.1, -0.05) is 24.6 Å². The van der Waals surface area contributed by atoms with Gasteiger partial charge in [0.2, 0.25) is 0 Å². The van der Waals surface area contributed by atoms with Gasteiger partial charge >= 0.3 is 0 Å². The van der Waals surface area contributed by atoms with E-state index in [-0.39, 0.29) is 0 Å². The van der Waals surface area contributed by atoms with Gasteiger partial charge in [-0.15, -0.1) is 0 Å². The summed E-state index contributed by atoms with van der Waals surface area (Å²) in [6.45, 7) is 3.35. The zero-order chi connectivity index (χ0) is 11.7. The summed E-state index contributed by atoms with van der Waals surface area (Å²) in [5, 5.41) is 5.02. The lowest BCUT2D eigenvalue weighted by Gasteiger charge is -2.23. The average molecular weight is 228 g/mol. The van der Waals surface area contributed by atoms with Crippen LogP contribution in [0.2, 0.25) is 0 Å². The van der Waals surface area contributed by atoms with Crippen LogP contribution in [0.5, 0.6) is 0 Å². The van der Waals surface area contributed by atoms with Crippen LogP contribution in [-0.2, 0) is 6.42 Å². The van der Waals surface area contributed by atoms with E-state index in [4.69, 9.17) is 0 Å². The molecule has 1 saturated heterocycles. The van der Waals surface area contributed by atoms with E-state index in [9.17, 15) is 0 Å². The first-order chi connectivity index (χ1) is 8.34. The molecular weight excluding hydrogens is 208 g/mol. The molecule has 0 bridgehead atoms. The first-order valence-electron chi connectivity index (χ1n) is 6.63. The van der Waals surface area contributed by atoms with E-state index in [2.05, 4.69) is 41.6 Å². The fourth-order valence-corrected chi connectivity index (χ4v) is 2.90. The second-order valence-electron chi connectivity index (χ2n) is 5.16. The number of hydrogen-bond acceptors (Lipinski definition) is 1. The van der Waals surface area contributed by atoms with Crippen LogP contribution in [0.25, 0.3) is 10.9 Å². The Hall–Kier alpha value is -1.28. The lowest BCUT2D eigenvalue weighted by Crippen LogP contribution is -2.35. The Labute approximate surface area is 102 Å². The van der Waals surface area contributed by atoms with Crippen LogP contribution in [0.15, 0.2) is 24.4 Å². The Morgan fingerprint density at radius 1 is 1.29 bits per heavy atom. The molecule has 0 aliphatic carbocycles. The summed E-state index contributed by atoms with van der Waals surface area (Å²) >= 11 is 0. The molecule has 17 heavy (non-hydrogen) atoms. The minimum absolute atomic E-state index is 0.670. The number of fused-ring (bicyclic) bond motifs is 1. The van der Waals surface area contributed by atoms with E-state index >= 15 is 0 Å². The highest BCUT2D eigenvalue weighted by atomic mass is 14.9. The lowest BCUT2D eigenvalue weighted by molar-refractivity contribution is 0.400. The smallest absolute Gasteiger partial charge is 0.0486 e. The molecule has 2 heteroatoms. The molecule has 1 aromatic heterocycles. The first-order valence-corrected chi connectivity index (χ1v) is 6.63. The number of hydrogen-bond donors (Lipinski definition) is 2. The summed E-state index contributed by atoms with van der Waals surface area (Å²) in [5.41, 5.74) is 4.10. The van der Waals surface area contributed by atoms with Crippen molar-refractivity contribution in [2.45, 2.75) is 38.6 Å². The van der Waals surface area contributed by atoms with Gasteiger partial charge in [-0.3, -0.25) is 0 Å². The molecule has 0 radical (unpaired) electrons. The SMILES string of the molecule is Cc1cccc2c(CC3CCCCN3)c[nH]c12. The molecule has 0 amide bonds. The van der Waals surface area contributed by atoms with E-state index < -0.39 is 0 Å². The molecule has 1 aromatic carbocycles. The van der Waals surface area contributed by atoms with Gasteiger partial charge < -0.3 is 10.3 Å². The zero-order valence-electron chi connectivity index (χ0n) is 10.4. The Morgan fingerprint density at radius 2 is 2.24 bits per heavy atom. The van der Waals surface area contributed by atoms with Crippen LogP contribution in [0.1, 0.15) is 30.4 Å². The molecule has 2 heterocycles. The Kier molecular flexibility index (Phi) is 2.89. The number of aromatic nitrogens is 1. The van der Waals surface area contributed by atoms with Crippen molar-refractivity contribution in [2.75, 3.05) is 6.54 Å². The molecule has 1 aliphatic rings. The number of nitrogens with one attached hydrogen (secondary N) is 2. The number of aryl methyl sites for hydroxylation is 1. The highest BCUT2D eigenvalue weighted by molar-refractivity contribution is 5.85. The summed E-state index contributed by atoms with van der Waals surface area (Å²) < 4.78 is 0. The fraction of sp³-hybridized carbons (Fsp3) is 0.467. The molecule has 1 aliphatic heterocycles. The van der Waals surface area contributed by atoms with Gasteiger partial charge in [0.25, 0.3) is 0 Å². The van der Waals surface area contributed by atoms with Crippen molar-refractivity contribution in [1.29, 1.82) is 0 Å². The van der Waals surface area contributed by atoms with Gasteiger partial charge in [-0.2, -0.15) is 0 Å². The largest absolute Gasteiger partial charge is 0.361 e. The third kappa shape index (κ3) is 2.09. The number of para-hydroxylation sites is 1. The van der Waals surface area contributed by atoms with Crippen LogP contribution < -0.4 is 5.32 Å². The maximum absolute atomic E-state index is 3.62. The minimum atomic E-state index is 0.670. The quantitative estimate of drug-likeness (QED) is 0.812. The van der Waals surface area contributed by atoms with Gasteiger partial charge in [0, 0.05) is 23.1 Å². The Bertz CT molecular complexity index is 507. The van der Waals surface area contributed by atoms with Crippen LogP contribution in [-0.4, -0.2) is 17.6 Å². The maximum atomic E-state index is 3.62. The molecule has 2 nitrogen and oxygen atoms in total. The summed E-state index contributed by atoms with van der Waals surface area (Å²) in [6.07, 6.45) is 7.37. The Balaban J connectivity index is 1.87. The predicted octanol–water partition coefficient (Wildman–Crippen LogP) is 3.16. The molecule has 90 valence electrons. The van der Waals surface area contributed by atoms with Gasteiger partial charge in [-0.05, 0) is 43.9 Å². The van der Waals surface area contributed by atoms with Crippen molar-refractivity contribution in [3.8, 4) is 0 Å². The topological polar surface area (TPSA) is 27.8 Å². The summed E-state index contributed by atoms with van der Waals surface area (Å²) in [6, 6.07) is 7.23. The molecule has 2 aromatic rings. The predicted molar refractivity (Wildman–Crippen MR) is 72.4 cm³/mol. The average Bonchev–Trinajstić information content (AvgIpc) is 2.76. The molecule has 2 N–H and O–H groups in total. The van der Waals surface area contributed by atoms with Crippen LogP contribution in [0.4, 0.5) is 0 Å². The van der Waals surface area contributed by atoms with Crippen LogP contribution >= 0.6 is 0 Å². The van der Waals surface area contributed by atoms with E-state index in [0.29, 0.717) is 6.04 Å². The van der Waals surface area contributed by atoms with Crippen molar-refractivity contribution in [3.63, 3.8) is 0 Å². The standard InChI is InChI=1S/C15H20N2/c1-11-5-4-7-14-12(10-17-15(11)14)9-13-6-2-3-8-16-13/h4-5,7,10,13,16-17H,2-3,6,8-9H2,1H3. The summed E-state index contributed by atoms with van der Waals surface area (Å²) in [7, 11) is 0.